The fourth-order valence-electron chi connectivity index (χ4n) is 1.23. The van der Waals surface area contributed by atoms with Gasteiger partial charge in [0.15, 0.2) is 0 Å². The quantitative estimate of drug-likeness (QED) is 0.860. The summed E-state index contributed by atoms with van der Waals surface area (Å²) in [5.41, 5.74) is 0. The van der Waals surface area contributed by atoms with Gasteiger partial charge in [-0.05, 0) is 24.6 Å². The second-order valence-corrected chi connectivity index (χ2v) is 5.57. The van der Waals surface area contributed by atoms with Gasteiger partial charge < -0.3 is 5.11 Å². The van der Waals surface area contributed by atoms with Crippen molar-refractivity contribution in [3.05, 3.63) is 29.0 Å². The van der Waals surface area contributed by atoms with Crippen molar-refractivity contribution in [1.82, 2.24) is 4.72 Å². The highest BCUT2D eigenvalue weighted by molar-refractivity contribution is 7.89. The van der Waals surface area contributed by atoms with E-state index in [2.05, 4.69) is 4.72 Å². The highest BCUT2D eigenvalue weighted by Crippen LogP contribution is 2.22. The number of rotatable bonds is 5. The number of hydrogen-bond acceptors (Lipinski definition) is 3. The maximum absolute atomic E-state index is 12.8. The standard InChI is InChI=1S/C10H13ClFNO3S/c1-2-8(6-14)13-17(15,16)10-4-3-7(12)5-9(10)11/h3-5,8,13-14H,2,6H2,1H3/t8-/m0/s1. The lowest BCUT2D eigenvalue weighted by molar-refractivity contribution is 0.254. The molecule has 96 valence electrons. The number of nitrogens with one attached hydrogen (secondary N) is 1. The minimum Gasteiger partial charge on any atom is -0.395 e. The predicted molar refractivity (Wildman–Crippen MR) is 62.9 cm³/mol. The van der Waals surface area contributed by atoms with Crippen molar-refractivity contribution in [3.63, 3.8) is 0 Å². The Morgan fingerprint density at radius 1 is 1.53 bits per heavy atom. The minimum atomic E-state index is -3.84. The molecule has 0 saturated heterocycles. The Kier molecular flexibility index (Phi) is 4.88. The van der Waals surface area contributed by atoms with Gasteiger partial charge in [0, 0.05) is 6.04 Å². The Morgan fingerprint density at radius 2 is 2.18 bits per heavy atom. The summed E-state index contributed by atoms with van der Waals surface area (Å²) in [6.45, 7) is 1.42. The lowest BCUT2D eigenvalue weighted by Gasteiger charge is -2.15. The molecule has 0 radical (unpaired) electrons. The Bertz CT molecular complexity index is 488. The minimum absolute atomic E-state index is 0.190. The summed E-state index contributed by atoms with van der Waals surface area (Å²) in [5.74, 6) is -0.608. The molecule has 0 spiro atoms. The molecule has 4 nitrogen and oxygen atoms in total. The Labute approximate surface area is 104 Å². The summed E-state index contributed by atoms with van der Waals surface area (Å²) in [6, 6.07) is 2.45. The number of hydrogen-bond donors (Lipinski definition) is 2. The van der Waals surface area contributed by atoms with E-state index in [1.54, 1.807) is 6.92 Å². The van der Waals surface area contributed by atoms with Crippen molar-refractivity contribution in [2.24, 2.45) is 0 Å². The molecule has 0 amide bonds. The van der Waals surface area contributed by atoms with Crippen LogP contribution in [-0.2, 0) is 10.0 Å². The SMILES string of the molecule is CC[C@@H](CO)NS(=O)(=O)c1ccc(F)cc1Cl. The summed E-state index contributed by atoms with van der Waals surface area (Å²) < 4.78 is 38.8. The van der Waals surface area contributed by atoms with Crippen LogP contribution in [0.2, 0.25) is 5.02 Å². The van der Waals surface area contributed by atoms with Crippen LogP contribution in [0.3, 0.4) is 0 Å². The van der Waals surface area contributed by atoms with Gasteiger partial charge in [0.05, 0.1) is 11.6 Å². The number of halogens is 2. The summed E-state index contributed by atoms with van der Waals surface area (Å²) in [6.07, 6.45) is 0.439. The van der Waals surface area contributed by atoms with Gasteiger partial charge in [0.25, 0.3) is 0 Å². The molecule has 0 fully saturated rings. The second kappa shape index (κ2) is 5.77. The van der Waals surface area contributed by atoms with E-state index in [4.69, 9.17) is 16.7 Å². The largest absolute Gasteiger partial charge is 0.395 e. The van der Waals surface area contributed by atoms with E-state index >= 15 is 0 Å². The van der Waals surface area contributed by atoms with Crippen molar-refractivity contribution in [2.45, 2.75) is 24.3 Å². The average molecular weight is 282 g/mol. The molecule has 1 atom stereocenters. The van der Waals surface area contributed by atoms with Crippen LogP contribution in [0.5, 0.6) is 0 Å². The van der Waals surface area contributed by atoms with E-state index in [-0.39, 0.29) is 16.5 Å². The lowest BCUT2D eigenvalue weighted by atomic mass is 10.3. The number of aliphatic hydroxyl groups excluding tert-OH is 1. The summed E-state index contributed by atoms with van der Waals surface area (Å²) in [4.78, 5) is -0.201. The molecular formula is C10H13ClFNO3S. The van der Waals surface area contributed by atoms with Crippen molar-refractivity contribution in [3.8, 4) is 0 Å². The van der Waals surface area contributed by atoms with E-state index in [1.807, 2.05) is 0 Å². The second-order valence-electron chi connectivity index (χ2n) is 3.48. The van der Waals surface area contributed by atoms with Crippen LogP contribution in [0.1, 0.15) is 13.3 Å². The molecule has 2 N–H and O–H groups in total. The first-order valence-electron chi connectivity index (χ1n) is 4.99. The van der Waals surface area contributed by atoms with E-state index in [1.165, 1.54) is 0 Å². The van der Waals surface area contributed by atoms with Crippen molar-refractivity contribution in [2.75, 3.05) is 6.61 Å². The predicted octanol–water partition coefficient (Wildman–Crippen LogP) is 1.53. The highest BCUT2D eigenvalue weighted by atomic mass is 35.5. The number of sulfonamides is 1. The molecule has 17 heavy (non-hydrogen) atoms. The van der Waals surface area contributed by atoms with E-state index < -0.39 is 21.9 Å². The topological polar surface area (TPSA) is 66.4 Å². The summed E-state index contributed by atoms with van der Waals surface area (Å²) in [7, 11) is -3.84. The average Bonchev–Trinajstić information content (AvgIpc) is 2.25. The van der Waals surface area contributed by atoms with Gasteiger partial charge >= 0.3 is 0 Å². The molecule has 7 heteroatoms. The molecule has 0 aliphatic heterocycles. The van der Waals surface area contributed by atoms with Gasteiger partial charge in [-0.2, -0.15) is 0 Å². The zero-order chi connectivity index (χ0) is 13.1. The normalized spacial score (nSPS) is 13.6. The van der Waals surface area contributed by atoms with Gasteiger partial charge in [-0.3, -0.25) is 0 Å². The monoisotopic (exact) mass is 281 g/mol. The van der Waals surface area contributed by atoms with Crippen LogP contribution < -0.4 is 4.72 Å². The van der Waals surface area contributed by atoms with Crippen molar-refractivity contribution >= 4 is 21.6 Å². The van der Waals surface area contributed by atoms with Crippen LogP contribution in [0.15, 0.2) is 23.1 Å². The highest BCUT2D eigenvalue weighted by Gasteiger charge is 2.21. The lowest BCUT2D eigenvalue weighted by Crippen LogP contribution is -2.37. The molecule has 1 rings (SSSR count). The molecular weight excluding hydrogens is 269 g/mol. The van der Waals surface area contributed by atoms with Crippen molar-refractivity contribution < 1.29 is 17.9 Å². The van der Waals surface area contributed by atoms with Crippen LogP contribution in [-0.4, -0.2) is 26.2 Å². The van der Waals surface area contributed by atoms with Crippen LogP contribution >= 0.6 is 11.6 Å². The first-order valence-corrected chi connectivity index (χ1v) is 6.85. The van der Waals surface area contributed by atoms with E-state index in [0.717, 1.165) is 18.2 Å². The van der Waals surface area contributed by atoms with Gasteiger partial charge in [-0.25, -0.2) is 17.5 Å². The van der Waals surface area contributed by atoms with Crippen LogP contribution in [0.4, 0.5) is 4.39 Å². The smallest absolute Gasteiger partial charge is 0.242 e. The molecule has 0 aliphatic rings. The third-order valence-electron chi connectivity index (χ3n) is 2.22. The van der Waals surface area contributed by atoms with Crippen molar-refractivity contribution in [1.29, 1.82) is 0 Å². The van der Waals surface area contributed by atoms with Gasteiger partial charge in [0.2, 0.25) is 10.0 Å². The zero-order valence-electron chi connectivity index (χ0n) is 9.15. The molecule has 1 aromatic carbocycles. The van der Waals surface area contributed by atoms with Gasteiger partial charge in [-0.15, -0.1) is 0 Å². The first-order chi connectivity index (χ1) is 7.90. The van der Waals surface area contributed by atoms with E-state index in [9.17, 15) is 12.8 Å². The molecule has 0 saturated carbocycles. The van der Waals surface area contributed by atoms with Crippen LogP contribution in [0, 0.1) is 5.82 Å². The van der Waals surface area contributed by atoms with Gasteiger partial charge in [0.1, 0.15) is 10.7 Å². The Hall–Kier alpha value is -0.690. The van der Waals surface area contributed by atoms with Gasteiger partial charge in [-0.1, -0.05) is 18.5 Å². The molecule has 0 aromatic heterocycles. The zero-order valence-corrected chi connectivity index (χ0v) is 10.7. The fraction of sp³-hybridized carbons (Fsp3) is 0.400. The third-order valence-corrected chi connectivity index (χ3v) is 4.22. The Morgan fingerprint density at radius 3 is 2.65 bits per heavy atom. The van der Waals surface area contributed by atoms with E-state index in [0.29, 0.717) is 6.42 Å². The summed E-state index contributed by atoms with van der Waals surface area (Å²) >= 11 is 5.66. The molecule has 0 heterocycles. The molecule has 1 aromatic rings. The summed E-state index contributed by atoms with van der Waals surface area (Å²) in [5, 5.41) is 8.74. The maximum atomic E-state index is 12.8. The molecule has 0 unspecified atom stereocenters. The first kappa shape index (κ1) is 14.4. The maximum Gasteiger partial charge on any atom is 0.242 e. The molecule has 0 aliphatic carbocycles. The third kappa shape index (κ3) is 3.64. The molecule has 0 bridgehead atoms. The number of aliphatic hydroxyl groups is 1. The van der Waals surface area contributed by atoms with Crippen LogP contribution in [0.25, 0.3) is 0 Å². The number of benzene rings is 1. The Balaban J connectivity index is 3.05. The fourth-order valence-corrected chi connectivity index (χ4v) is 3.07.